The van der Waals surface area contributed by atoms with Gasteiger partial charge in [0.25, 0.3) is 11.5 Å². The number of nitrogens with zero attached hydrogens (tertiary/aromatic N) is 2. The zero-order valence-electron chi connectivity index (χ0n) is 18.2. The maximum Gasteiger partial charge on any atom is 0.423 e. The van der Waals surface area contributed by atoms with E-state index in [0.29, 0.717) is 17.2 Å². The fourth-order valence-electron chi connectivity index (χ4n) is 3.49. The molecule has 2 heterocycles. The van der Waals surface area contributed by atoms with Gasteiger partial charge in [0.1, 0.15) is 24.5 Å². The second-order valence-electron chi connectivity index (χ2n) is 7.54. The quantitative estimate of drug-likeness (QED) is 0.637. The van der Waals surface area contributed by atoms with Gasteiger partial charge in [-0.15, -0.1) is 5.92 Å². The number of carbonyl (C=O) groups excluding carboxylic acids is 1. The number of aromatic nitrogens is 2. The number of aliphatic hydroxyl groups is 1. The molecule has 8 nitrogen and oxygen atoms in total. The molecule has 0 spiro atoms. The highest BCUT2D eigenvalue weighted by atomic mass is 19.4. The molecule has 34 heavy (non-hydrogen) atoms. The van der Waals surface area contributed by atoms with Gasteiger partial charge < -0.3 is 14.6 Å². The van der Waals surface area contributed by atoms with Gasteiger partial charge >= 0.3 is 11.9 Å². The summed E-state index contributed by atoms with van der Waals surface area (Å²) in [5.74, 6) is 4.46. The third-order valence-corrected chi connectivity index (χ3v) is 5.18. The second-order valence-corrected chi connectivity index (χ2v) is 7.54. The molecule has 0 amide bonds. The molecule has 0 radical (unpaired) electrons. The van der Waals surface area contributed by atoms with Crippen LogP contribution in [0.15, 0.2) is 46.1 Å². The number of benzene rings is 1. The van der Waals surface area contributed by atoms with E-state index in [2.05, 4.69) is 11.8 Å². The van der Waals surface area contributed by atoms with Gasteiger partial charge in [0.05, 0.1) is 12.7 Å². The average molecular weight is 480 g/mol. The fourth-order valence-corrected chi connectivity index (χ4v) is 3.49. The lowest BCUT2D eigenvalue weighted by Gasteiger charge is -2.18. The van der Waals surface area contributed by atoms with Crippen molar-refractivity contribution in [2.24, 2.45) is 0 Å². The van der Waals surface area contributed by atoms with Gasteiger partial charge in [0.2, 0.25) is 0 Å². The van der Waals surface area contributed by atoms with Gasteiger partial charge in [-0.3, -0.25) is 14.2 Å². The first-order valence-electron chi connectivity index (χ1n) is 10.6. The summed E-state index contributed by atoms with van der Waals surface area (Å²) < 4.78 is 52.5. The molecule has 3 atom stereocenters. The average Bonchev–Trinajstić information content (AvgIpc) is 3.21. The maximum atomic E-state index is 13.6. The van der Waals surface area contributed by atoms with Crippen LogP contribution in [-0.4, -0.2) is 45.6 Å². The van der Waals surface area contributed by atoms with E-state index in [0.717, 1.165) is 6.42 Å². The third-order valence-electron chi connectivity index (χ3n) is 5.18. The topological polar surface area (TPSA) is 99.8 Å². The predicted molar refractivity (Wildman–Crippen MR) is 114 cm³/mol. The summed E-state index contributed by atoms with van der Waals surface area (Å²) in [6, 6.07) is 7.01. The summed E-state index contributed by atoms with van der Waals surface area (Å²) in [6.07, 6.45) is -6.38. The summed E-state index contributed by atoms with van der Waals surface area (Å²) >= 11 is 0. The molecular formula is C23H23F3N2O6. The van der Waals surface area contributed by atoms with E-state index in [1.807, 2.05) is 6.92 Å². The van der Waals surface area contributed by atoms with Crippen LogP contribution in [0.2, 0.25) is 0 Å². The van der Waals surface area contributed by atoms with Crippen molar-refractivity contribution in [1.82, 2.24) is 9.13 Å². The monoisotopic (exact) mass is 480 g/mol. The van der Waals surface area contributed by atoms with Gasteiger partial charge in [-0.25, -0.2) is 4.79 Å². The Morgan fingerprint density at radius 3 is 2.56 bits per heavy atom. The molecule has 3 rings (SSSR count). The molecule has 1 aromatic carbocycles. The van der Waals surface area contributed by atoms with Crippen LogP contribution in [0.4, 0.5) is 13.2 Å². The Labute approximate surface area is 192 Å². The number of hydrogen-bond acceptors (Lipinski definition) is 6. The first-order chi connectivity index (χ1) is 16.2. The summed E-state index contributed by atoms with van der Waals surface area (Å²) in [7, 11) is 0. The number of hydrogen-bond donors (Lipinski definition) is 1. The van der Waals surface area contributed by atoms with Crippen molar-refractivity contribution in [1.29, 1.82) is 0 Å². The van der Waals surface area contributed by atoms with Crippen molar-refractivity contribution in [2.45, 2.75) is 50.8 Å². The number of carbonyl (C=O) groups is 1. The standard InChI is InChI=1S/C23H23F3N2O6/c1-2-3-4-8-11-33-17-12-19(34-18(17)14-29)27-13-16(23(24,25)26)21(31)28(22(27)32)20(30)15-9-6-5-7-10-15/h5-7,9-10,13,17-19,29H,2-3,11-12,14H2,1H3/t17-,18+,19+/m0/s1. The summed E-state index contributed by atoms with van der Waals surface area (Å²) in [5.41, 5.74) is -4.91. The lowest BCUT2D eigenvalue weighted by Crippen LogP contribution is -2.47. The minimum atomic E-state index is -5.13. The van der Waals surface area contributed by atoms with E-state index in [1.165, 1.54) is 24.3 Å². The molecule has 1 aliphatic heterocycles. The highest BCUT2D eigenvalue weighted by Crippen LogP contribution is 2.31. The van der Waals surface area contributed by atoms with Gasteiger partial charge in [0, 0.05) is 24.6 Å². The van der Waals surface area contributed by atoms with Crippen LogP contribution in [0.5, 0.6) is 0 Å². The van der Waals surface area contributed by atoms with Crippen molar-refractivity contribution in [3.63, 3.8) is 0 Å². The van der Waals surface area contributed by atoms with Crippen molar-refractivity contribution >= 4 is 5.91 Å². The zero-order chi connectivity index (χ0) is 24.9. The van der Waals surface area contributed by atoms with Crippen LogP contribution in [0.3, 0.4) is 0 Å². The molecule has 1 fully saturated rings. The number of rotatable bonds is 6. The van der Waals surface area contributed by atoms with Gasteiger partial charge in [-0.1, -0.05) is 31.0 Å². The summed E-state index contributed by atoms with van der Waals surface area (Å²) in [4.78, 5) is 38.4. The molecule has 2 aromatic rings. The van der Waals surface area contributed by atoms with E-state index < -0.39 is 53.9 Å². The number of halogens is 3. The Bertz CT molecular complexity index is 1190. The highest BCUT2D eigenvalue weighted by Gasteiger charge is 2.41. The maximum absolute atomic E-state index is 13.6. The van der Waals surface area contributed by atoms with E-state index in [-0.39, 0.29) is 23.2 Å². The Morgan fingerprint density at radius 1 is 1.24 bits per heavy atom. The largest absolute Gasteiger partial charge is 0.423 e. The number of unbranched alkanes of at least 4 members (excludes halogenated alkanes) is 1. The van der Waals surface area contributed by atoms with Gasteiger partial charge in [-0.05, 0) is 18.6 Å². The van der Waals surface area contributed by atoms with Crippen LogP contribution >= 0.6 is 0 Å². The third kappa shape index (κ3) is 5.47. The van der Waals surface area contributed by atoms with Crippen molar-refractivity contribution < 1.29 is 32.5 Å². The van der Waals surface area contributed by atoms with Crippen LogP contribution in [0, 0.1) is 11.8 Å². The Morgan fingerprint density at radius 2 is 1.94 bits per heavy atom. The van der Waals surface area contributed by atoms with Gasteiger partial charge in [0.15, 0.2) is 0 Å². The summed E-state index contributed by atoms with van der Waals surface area (Å²) in [5, 5.41) is 9.61. The molecular weight excluding hydrogens is 457 g/mol. The molecule has 182 valence electrons. The van der Waals surface area contributed by atoms with Crippen molar-refractivity contribution in [2.75, 3.05) is 13.2 Å². The zero-order valence-corrected chi connectivity index (χ0v) is 18.2. The van der Waals surface area contributed by atoms with E-state index in [4.69, 9.17) is 9.47 Å². The number of aliphatic hydroxyl groups excluding tert-OH is 1. The van der Waals surface area contributed by atoms with Crippen molar-refractivity contribution in [3.05, 3.63) is 68.5 Å². The molecule has 0 aliphatic carbocycles. The fraction of sp³-hybridized carbons (Fsp3) is 0.435. The van der Waals surface area contributed by atoms with Crippen LogP contribution in [-0.2, 0) is 15.7 Å². The Kier molecular flexibility index (Phi) is 8.09. The second kappa shape index (κ2) is 10.8. The molecule has 0 unspecified atom stereocenters. The molecule has 1 N–H and O–H groups in total. The molecule has 1 aliphatic rings. The Hall–Kier alpha value is -3.20. The molecule has 1 aromatic heterocycles. The van der Waals surface area contributed by atoms with Gasteiger partial charge in [-0.2, -0.15) is 17.7 Å². The minimum Gasteiger partial charge on any atom is -0.394 e. The van der Waals surface area contributed by atoms with E-state index in [1.54, 1.807) is 6.07 Å². The number of ether oxygens (including phenoxy) is 2. The lowest BCUT2D eigenvalue weighted by molar-refractivity contribution is -0.139. The SMILES string of the molecule is CCCC#CCO[C@H]1C[C@H](n2cc(C(F)(F)F)c(=O)n(C(=O)c3ccccc3)c2=O)O[C@@H]1CO. The first-order valence-corrected chi connectivity index (χ1v) is 10.6. The van der Waals surface area contributed by atoms with Crippen LogP contribution in [0.25, 0.3) is 0 Å². The predicted octanol–water partition coefficient (Wildman–Crippen LogP) is 2.19. The van der Waals surface area contributed by atoms with Crippen molar-refractivity contribution in [3.8, 4) is 11.8 Å². The molecule has 0 saturated carbocycles. The van der Waals surface area contributed by atoms with Crippen LogP contribution in [0.1, 0.15) is 48.3 Å². The van der Waals surface area contributed by atoms with E-state index >= 15 is 0 Å². The summed E-state index contributed by atoms with van der Waals surface area (Å²) in [6.45, 7) is 1.45. The number of alkyl halides is 3. The van der Waals surface area contributed by atoms with Crippen LogP contribution < -0.4 is 11.2 Å². The Balaban J connectivity index is 2.01. The molecule has 1 saturated heterocycles. The molecule has 11 heteroatoms. The lowest BCUT2D eigenvalue weighted by atomic mass is 10.2. The normalized spacial score (nSPS) is 20.1. The van der Waals surface area contributed by atoms with E-state index in [9.17, 15) is 32.7 Å². The smallest absolute Gasteiger partial charge is 0.394 e. The first kappa shape index (κ1) is 25.4. The highest BCUT2D eigenvalue weighted by molar-refractivity contribution is 5.95. The molecule has 0 bridgehead atoms. The minimum absolute atomic E-state index is 0.00589.